The molecule has 0 aliphatic heterocycles. The van der Waals surface area contributed by atoms with E-state index < -0.39 is 28.4 Å². The predicted molar refractivity (Wildman–Crippen MR) is 88.9 cm³/mol. The van der Waals surface area contributed by atoms with Gasteiger partial charge in [0.1, 0.15) is 0 Å². The Kier molecular flexibility index (Phi) is 5.61. The monoisotopic (exact) mass is 387 g/mol. The van der Waals surface area contributed by atoms with Gasteiger partial charge in [-0.1, -0.05) is 35.3 Å². The lowest BCUT2D eigenvalue weighted by Gasteiger charge is -2.08. The van der Waals surface area contributed by atoms with Crippen LogP contribution in [0.15, 0.2) is 47.4 Å². The number of sulfonamides is 1. The van der Waals surface area contributed by atoms with E-state index in [0.717, 1.165) is 12.1 Å². The maximum atomic E-state index is 12.0. The van der Waals surface area contributed by atoms with Gasteiger partial charge in [-0.3, -0.25) is 4.79 Å². The Balaban J connectivity index is 2.16. The Labute approximate surface area is 148 Å². The van der Waals surface area contributed by atoms with Gasteiger partial charge in [0.2, 0.25) is 15.8 Å². The molecule has 0 aliphatic rings. The molecule has 2 aromatic carbocycles. The van der Waals surface area contributed by atoms with E-state index >= 15 is 0 Å². The summed E-state index contributed by atoms with van der Waals surface area (Å²) in [7, 11) is -4.01. The first-order valence-electron chi connectivity index (χ1n) is 6.47. The van der Waals surface area contributed by atoms with Crippen molar-refractivity contribution in [2.45, 2.75) is 4.90 Å². The highest BCUT2D eigenvalue weighted by Crippen LogP contribution is 2.21. The van der Waals surface area contributed by atoms with E-state index in [2.05, 4.69) is 0 Å². The number of carbonyl (C=O) groups is 2. The molecule has 9 heteroatoms. The summed E-state index contributed by atoms with van der Waals surface area (Å²) in [6.45, 7) is -0.571. The van der Waals surface area contributed by atoms with Crippen LogP contribution in [0.25, 0.3) is 0 Å². The number of halogens is 2. The molecule has 0 aromatic heterocycles. The molecule has 0 radical (unpaired) electrons. The van der Waals surface area contributed by atoms with Crippen LogP contribution in [-0.4, -0.2) is 26.8 Å². The van der Waals surface area contributed by atoms with Gasteiger partial charge in [0.15, 0.2) is 6.61 Å². The van der Waals surface area contributed by atoms with Gasteiger partial charge in [0, 0.05) is 5.56 Å². The standard InChI is InChI=1S/C15H11Cl2NO5S/c16-12-4-2-1-3-10(12)14(19)8-23-15(20)11-7-9(24(18,21)22)5-6-13(11)17/h1-7H,8H2,(H2,18,21,22). The average molecular weight is 388 g/mol. The lowest BCUT2D eigenvalue weighted by Crippen LogP contribution is -2.16. The van der Waals surface area contributed by atoms with Crippen LogP contribution in [0.5, 0.6) is 0 Å². The highest BCUT2D eigenvalue weighted by Gasteiger charge is 2.19. The van der Waals surface area contributed by atoms with Crippen LogP contribution in [0.3, 0.4) is 0 Å². The van der Waals surface area contributed by atoms with E-state index in [1.165, 1.54) is 18.2 Å². The number of ketones is 1. The summed E-state index contributed by atoms with van der Waals surface area (Å²) < 4.78 is 27.5. The smallest absolute Gasteiger partial charge is 0.340 e. The van der Waals surface area contributed by atoms with Crippen molar-refractivity contribution in [2.24, 2.45) is 5.14 Å². The maximum absolute atomic E-state index is 12.0. The average Bonchev–Trinajstić information content (AvgIpc) is 2.52. The quantitative estimate of drug-likeness (QED) is 0.627. The number of carbonyl (C=O) groups excluding carboxylic acids is 2. The first-order valence-corrected chi connectivity index (χ1v) is 8.77. The van der Waals surface area contributed by atoms with E-state index in [-0.39, 0.29) is 26.1 Å². The molecule has 0 saturated heterocycles. The van der Waals surface area contributed by atoms with Gasteiger partial charge in [0.05, 0.1) is 20.5 Å². The van der Waals surface area contributed by atoms with Gasteiger partial charge < -0.3 is 4.74 Å². The molecule has 0 aliphatic carbocycles. The van der Waals surface area contributed by atoms with Crippen LogP contribution in [-0.2, 0) is 14.8 Å². The summed E-state index contributed by atoms with van der Waals surface area (Å²) in [6, 6.07) is 9.64. The van der Waals surface area contributed by atoms with Gasteiger partial charge in [-0.2, -0.15) is 0 Å². The fourth-order valence-corrected chi connectivity index (χ4v) is 2.79. The third-order valence-corrected chi connectivity index (χ3v) is 4.57. The molecule has 126 valence electrons. The van der Waals surface area contributed by atoms with Crippen molar-refractivity contribution >= 4 is 45.0 Å². The van der Waals surface area contributed by atoms with Gasteiger partial charge in [-0.15, -0.1) is 0 Å². The largest absolute Gasteiger partial charge is 0.454 e. The molecule has 0 bridgehead atoms. The van der Waals surface area contributed by atoms with E-state index in [1.54, 1.807) is 12.1 Å². The second-order valence-corrected chi connectivity index (χ2v) is 7.04. The molecule has 0 heterocycles. The first kappa shape index (κ1) is 18.4. The second kappa shape index (κ2) is 7.31. The molecule has 24 heavy (non-hydrogen) atoms. The number of rotatable bonds is 5. The number of esters is 1. The Bertz CT molecular complexity index is 912. The number of primary sulfonamides is 1. The molecule has 0 saturated carbocycles. The highest BCUT2D eigenvalue weighted by atomic mass is 35.5. The summed E-state index contributed by atoms with van der Waals surface area (Å²) in [5, 5.41) is 5.20. The SMILES string of the molecule is NS(=O)(=O)c1ccc(Cl)c(C(=O)OCC(=O)c2ccccc2Cl)c1. The van der Waals surface area contributed by atoms with Crippen LogP contribution in [0.1, 0.15) is 20.7 Å². The summed E-state index contributed by atoms with van der Waals surface area (Å²) in [5.74, 6) is -1.46. The molecule has 0 fully saturated rings. The summed E-state index contributed by atoms with van der Waals surface area (Å²) in [5.41, 5.74) is -0.00787. The van der Waals surface area contributed by atoms with Crippen molar-refractivity contribution in [3.8, 4) is 0 Å². The number of Topliss-reactive ketones (excluding diaryl/α,β-unsaturated/α-hetero) is 1. The Morgan fingerprint density at radius 3 is 2.25 bits per heavy atom. The number of nitrogens with two attached hydrogens (primary N) is 1. The lowest BCUT2D eigenvalue weighted by molar-refractivity contribution is 0.0474. The molecule has 0 amide bonds. The van der Waals surface area contributed by atoms with Crippen LogP contribution in [0.2, 0.25) is 10.0 Å². The van der Waals surface area contributed by atoms with Gasteiger partial charge in [0.25, 0.3) is 0 Å². The maximum Gasteiger partial charge on any atom is 0.340 e. The van der Waals surface area contributed by atoms with Crippen LogP contribution < -0.4 is 5.14 Å². The van der Waals surface area contributed by atoms with E-state index in [4.69, 9.17) is 33.1 Å². The van der Waals surface area contributed by atoms with Crippen molar-refractivity contribution in [1.82, 2.24) is 0 Å². The summed E-state index contributed by atoms with van der Waals surface area (Å²) in [6.07, 6.45) is 0. The minimum absolute atomic E-state index is 0.0300. The zero-order valence-corrected chi connectivity index (χ0v) is 14.4. The summed E-state index contributed by atoms with van der Waals surface area (Å²) >= 11 is 11.7. The van der Waals surface area contributed by atoms with E-state index in [9.17, 15) is 18.0 Å². The van der Waals surface area contributed by atoms with Crippen molar-refractivity contribution in [3.05, 3.63) is 63.6 Å². The third-order valence-electron chi connectivity index (χ3n) is 2.99. The highest BCUT2D eigenvalue weighted by molar-refractivity contribution is 7.89. The molecule has 6 nitrogen and oxygen atoms in total. The van der Waals surface area contributed by atoms with E-state index in [0.29, 0.717) is 0 Å². The Hall–Kier alpha value is -1.93. The Morgan fingerprint density at radius 1 is 1.00 bits per heavy atom. The van der Waals surface area contributed by atoms with Gasteiger partial charge in [-0.25, -0.2) is 18.4 Å². The fraction of sp³-hybridized carbons (Fsp3) is 0.0667. The number of benzene rings is 2. The van der Waals surface area contributed by atoms with Crippen LogP contribution in [0, 0.1) is 0 Å². The molecule has 2 aromatic rings. The number of hydrogen-bond acceptors (Lipinski definition) is 5. The predicted octanol–water partition coefficient (Wildman–Crippen LogP) is 2.68. The Morgan fingerprint density at radius 2 is 1.62 bits per heavy atom. The van der Waals surface area contributed by atoms with Crippen LogP contribution in [0.4, 0.5) is 0 Å². The molecular formula is C15H11Cl2NO5S. The minimum atomic E-state index is -4.01. The second-order valence-electron chi connectivity index (χ2n) is 4.67. The number of ether oxygens (including phenoxy) is 1. The van der Waals surface area contributed by atoms with Crippen molar-refractivity contribution in [1.29, 1.82) is 0 Å². The molecule has 2 rings (SSSR count). The fourth-order valence-electron chi connectivity index (χ4n) is 1.81. The van der Waals surface area contributed by atoms with Gasteiger partial charge >= 0.3 is 5.97 Å². The zero-order valence-electron chi connectivity index (χ0n) is 12.0. The first-order chi connectivity index (χ1) is 11.2. The molecule has 0 spiro atoms. The van der Waals surface area contributed by atoms with Crippen molar-refractivity contribution in [2.75, 3.05) is 6.61 Å². The zero-order chi connectivity index (χ0) is 17.9. The van der Waals surface area contributed by atoms with Crippen molar-refractivity contribution in [3.63, 3.8) is 0 Å². The minimum Gasteiger partial charge on any atom is -0.454 e. The number of hydrogen-bond donors (Lipinski definition) is 1. The van der Waals surface area contributed by atoms with Crippen LogP contribution >= 0.6 is 23.2 Å². The summed E-state index contributed by atoms with van der Waals surface area (Å²) in [4.78, 5) is 23.7. The molecular weight excluding hydrogens is 377 g/mol. The van der Waals surface area contributed by atoms with Crippen molar-refractivity contribution < 1.29 is 22.7 Å². The van der Waals surface area contributed by atoms with Gasteiger partial charge in [-0.05, 0) is 30.3 Å². The molecule has 2 N–H and O–H groups in total. The topological polar surface area (TPSA) is 104 Å². The lowest BCUT2D eigenvalue weighted by atomic mass is 10.1. The third kappa shape index (κ3) is 4.33. The molecule has 0 unspecified atom stereocenters. The molecule has 0 atom stereocenters. The normalized spacial score (nSPS) is 11.1. The van der Waals surface area contributed by atoms with E-state index in [1.807, 2.05) is 0 Å².